The van der Waals surface area contributed by atoms with Crippen LogP contribution in [0.25, 0.3) is 0 Å². The van der Waals surface area contributed by atoms with Crippen molar-refractivity contribution in [3.63, 3.8) is 0 Å². The van der Waals surface area contributed by atoms with E-state index in [1.807, 2.05) is 0 Å². The maximum atomic E-state index is 10.5. The highest BCUT2D eigenvalue weighted by molar-refractivity contribution is 5.15. The van der Waals surface area contributed by atoms with E-state index in [4.69, 9.17) is 18.9 Å². The highest BCUT2D eigenvalue weighted by atomic mass is 16.7. The van der Waals surface area contributed by atoms with Crippen LogP contribution >= 0.6 is 0 Å². The van der Waals surface area contributed by atoms with Gasteiger partial charge < -0.3 is 34.3 Å². The molecular formula is C33H54O7. The Bertz CT molecular complexity index is 951. The summed E-state index contributed by atoms with van der Waals surface area (Å²) < 4.78 is 25.5. The van der Waals surface area contributed by atoms with Crippen LogP contribution in [0.15, 0.2) is 0 Å². The standard InChI is InChI=1S/C33H54O7/c1-17-8-13-33(37-16-17)18(2)26-25(40-33)15-24-22-7-6-20-14-21(39-30-29(36)28(35)27(34)19(3)38-30)9-11-31(20,4)23(22)10-12-32(24,26)5/h17-30,34-36H,6-16H2,1-5H3/t17?,18-,19+,20?,21?,22+,23-,24-,25-,26-,27-,28-,29+,30-,31-,32-,33+/m0/s1. The Hall–Kier alpha value is -0.280. The molecule has 0 aromatic carbocycles. The number of fused-ring (bicyclic) bond motifs is 7. The van der Waals surface area contributed by atoms with Crippen molar-refractivity contribution in [1.82, 2.24) is 0 Å². The molecule has 40 heavy (non-hydrogen) atoms. The lowest BCUT2D eigenvalue weighted by Crippen LogP contribution is -2.59. The zero-order chi connectivity index (χ0) is 28.2. The van der Waals surface area contributed by atoms with Crippen LogP contribution in [0.4, 0.5) is 0 Å². The molecule has 7 fully saturated rings. The minimum absolute atomic E-state index is 0.0206. The van der Waals surface area contributed by atoms with Gasteiger partial charge in [0.05, 0.1) is 24.9 Å². The minimum Gasteiger partial charge on any atom is -0.388 e. The molecule has 3 unspecified atom stereocenters. The van der Waals surface area contributed by atoms with Crippen molar-refractivity contribution in [2.24, 2.45) is 52.3 Å². The predicted octanol–water partition coefficient (Wildman–Crippen LogP) is 4.65. The molecule has 4 aliphatic carbocycles. The van der Waals surface area contributed by atoms with Crippen LogP contribution in [0, 0.1) is 52.3 Å². The van der Waals surface area contributed by atoms with E-state index in [0.29, 0.717) is 40.6 Å². The van der Waals surface area contributed by atoms with Gasteiger partial charge in [-0.1, -0.05) is 27.7 Å². The van der Waals surface area contributed by atoms with Gasteiger partial charge in [-0.05, 0) is 111 Å². The fraction of sp³-hybridized carbons (Fsp3) is 1.00. The molecule has 1 spiro atoms. The van der Waals surface area contributed by atoms with Gasteiger partial charge in [-0.15, -0.1) is 0 Å². The number of rotatable bonds is 2. The summed E-state index contributed by atoms with van der Waals surface area (Å²) in [6, 6.07) is 0. The van der Waals surface area contributed by atoms with Crippen LogP contribution < -0.4 is 0 Å². The van der Waals surface area contributed by atoms with Crippen molar-refractivity contribution >= 4 is 0 Å². The SMILES string of the molecule is CC1CC[C@@]2(OC1)O[C@H]1C[C@H]3[C@@H]4CCC5CC(O[C@@H]6O[C@H](C)[C@H](O)[C@H](O)[C@H]6O)CC[C@]5(C)[C@H]4CC[C@]3(C)[C@H]1[C@@H]2C. The Balaban J connectivity index is 1.03. The minimum atomic E-state index is -1.24. The number of hydrogen-bond donors (Lipinski definition) is 3. The molecular weight excluding hydrogens is 508 g/mol. The molecule has 0 bridgehead atoms. The zero-order valence-electron chi connectivity index (χ0n) is 25.3. The summed E-state index contributed by atoms with van der Waals surface area (Å²) in [5.41, 5.74) is 0.675. The number of ether oxygens (including phenoxy) is 4. The molecule has 7 aliphatic rings. The highest BCUT2D eigenvalue weighted by Crippen LogP contribution is 2.71. The van der Waals surface area contributed by atoms with Crippen molar-refractivity contribution < 1.29 is 34.3 Å². The second-order valence-electron chi connectivity index (χ2n) is 15.9. The lowest BCUT2D eigenvalue weighted by Gasteiger charge is -2.61. The van der Waals surface area contributed by atoms with Crippen LogP contribution in [0.2, 0.25) is 0 Å². The first-order chi connectivity index (χ1) is 19.0. The summed E-state index contributed by atoms with van der Waals surface area (Å²) in [6.45, 7) is 12.5. The van der Waals surface area contributed by atoms with E-state index in [2.05, 4.69) is 27.7 Å². The van der Waals surface area contributed by atoms with E-state index in [1.54, 1.807) is 6.92 Å². The summed E-state index contributed by atoms with van der Waals surface area (Å²) in [7, 11) is 0. The van der Waals surface area contributed by atoms with Crippen LogP contribution in [0.1, 0.15) is 98.8 Å². The average molecular weight is 563 g/mol. The van der Waals surface area contributed by atoms with Crippen LogP contribution in [-0.4, -0.2) is 70.6 Å². The Morgan fingerprint density at radius 2 is 1.55 bits per heavy atom. The first kappa shape index (κ1) is 28.5. The van der Waals surface area contributed by atoms with Crippen LogP contribution in [0.3, 0.4) is 0 Å². The molecule has 7 nitrogen and oxygen atoms in total. The summed E-state index contributed by atoms with van der Waals surface area (Å²) >= 11 is 0. The van der Waals surface area contributed by atoms with Crippen LogP contribution in [0.5, 0.6) is 0 Å². The van der Waals surface area contributed by atoms with Gasteiger partial charge in [-0.3, -0.25) is 0 Å². The lowest BCUT2D eigenvalue weighted by atomic mass is 9.44. The number of aliphatic hydroxyl groups is 3. The van der Waals surface area contributed by atoms with Crippen molar-refractivity contribution in [3.05, 3.63) is 0 Å². The third-order valence-corrected chi connectivity index (χ3v) is 14.0. The molecule has 4 saturated carbocycles. The smallest absolute Gasteiger partial charge is 0.186 e. The monoisotopic (exact) mass is 562 g/mol. The van der Waals surface area contributed by atoms with Gasteiger partial charge in [-0.25, -0.2) is 0 Å². The fourth-order valence-corrected chi connectivity index (χ4v) is 11.7. The summed E-state index contributed by atoms with van der Waals surface area (Å²) in [5, 5.41) is 30.8. The topological polar surface area (TPSA) is 97.6 Å². The molecule has 0 radical (unpaired) electrons. The van der Waals surface area contributed by atoms with Gasteiger partial charge in [0.2, 0.25) is 0 Å². The van der Waals surface area contributed by atoms with Gasteiger partial charge in [0.15, 0.2) is 12.1 Å². The lowest BCUT2D eigenvalue weighted by molar-refractivity contribution is -0.309. The fourth-order valence-electron chi connectivity index (χ4n) is 11.7. The Morgan fingerprint density at radius 1 is 0.775 bits per heavy atom. The molecule has 0 aromatic rings. The third kappa shape index (κ3) is 4.07. The summed E-state index contributed by atoms with van der Waals surface area (Å²) in [4.78, 5) is 0. The number of aliphatic hydroxyl groups excluding tert-OH is 3. The van der Waals surface area contributed by atoms with E-state index in [1.165, 1.54) is 38.5 Å². The summed E-state index contributed by atoms with van der Waals surface area (Å²) in [5.74, 6) is 4.28. The quantitative estimate of drug-likeness (QED) is 0.422. The van der Waals surface area contributed by atoms with E-state index >= 15 is 0 Å². The molecule has 228 valence electrons. The second kappa shape index (κ2) is 9.87. The predicted molar refractivity (Wildman–Crippen MR) is 149 cm³/mol. The van der Waals surface area contributed by atoms with Gasteiger partial charge in [-0.2, -0.15) is 0 Å². The van der Waals surface area contributed by atoms with Crippen LogP contribution in [-0.2, 0) is 18.9 Å². The third-order valence-electron chi connectivity index (χ3n) is 14.0. The first-order valence-corrected chi connectivity index (χ1v) is 16.6. The van der Waals surface area contributed by atoms with Crippen molar-refractivity contribution in [3.8, 4) is 0 Å². The van der Waals surface area contributed by atoms with Crippen molar-refractivity contribution in [2.75, 3.05) is 6.61 Å². The normalized spacial score (nSPS) is 61.5. The van der Waals surface area contributed by atoms with E-state index in [0.717, 1.165) is 50.0 Å². The first-order valence-electron chi connectivity index (χ1n) is 16.6. The Kier molecular flexibility index (Phi) is 7.03. The largest absolute Gasteiger partial charge is 0.388 e. The Morgan fingerprint density at radius 3 is 2.30 bits per heavy atom. The molecule has 3 aliphatic heterocycles. The molecule has 0 aromatic heterocycles. The Labute approximate surface area is 240 Å². The summed E-state index contributed by atoms with van der Waals surface area (Å²) in [6.07, 6.45) is 7.12. The molecule has 7 rings (SSSR count). The molecule has 3 N–H and O–H groups in total. The zero-order valence-corrected chi connectivity index (χ0v) is 25.3. The highest BCUT2D eigenvalue weighted by Gasteiger charge is 2.69. The van der Waals surface area contributed by atoms with Gasteiger partial charge in [0.1, 0.15) is 18.3 Å². The number of hydrogen-bond acceptors (Lipinski definition) is 7. The maximum absolute atomic E-state index is 10.5. The molecule has 3 heterocycles. The van der Waals surface area contributed by atoms with Crippen molar-refractivity contribution in [1.29, 1.82) is 0 Å². The van der Waals surface area contributed by atoms with E-state index in [-0.39, 0.29) is 11.9 Å². The van der Waals surface area contributed by atoms with E-state index in [9.17, 15) is 15.3 Å². The van der Waals surface area contributed by atoms with Gasteiger partial charge >= 0.3 is 0 Å². The van der Waals surface area contributed by atoms with Gasteiger partial charge in [0, 0.05) is 12.3 Å². The second-order valence-corrected chi connectivity index (χ2v) is 15.9. The molecule has 17 atom stereocenters. The average Bonchev–Trinajstić information content (AvgIpc) is 3.37. The maximum Gasteiger partial charge on any atom is 0.186 e. The van der Waals surface area contributed by atoms with Crippen molar-refractivity contribution in [2.45, 2.75) is 148 Å². The van der Waals surface area contributed by atoms with Gasteiger partial charge in [0.25, 0.3) is 0 Å². The molecule has 7 heteroatoms. The van der Waals surface area contributed by atoms with E-state index < -0.39 is 30.7 Å². The molecule has 3 saturated heterocycles. The molecule has 0 amide bonds.